The second-order valence-corrected chi connectivity index (χ2v) is 6.87. The van der Waals surface area contributed by atoms with Crippen LogP contribution in [0.3, 0.4) is 0 Å². The number of nitrogens with zero attached hydrogens (tertiary/aromatic N) is 2. The smallest absolute Gasteiger partial charge is 0.317 e. The quantitative estimate of drug-likeness (QED) is 0.932. The highest BCUT2D eigenvalue weighted by Gasteiger charge is 2.25. The number of urea groups is 1. The predicted octanol–water partition coefficient (Wildman–Crippen LogP) is 2.67. The molecule has 0 saturated carbocycles. The van der Waals surface area contributed by atoms with E-state index in [1.165, 1.54) is 0 Å². The zero-order valence-electron chi connectivity index (χ0n) is 12.4. The SMILES string of the molecule is Cc1cccnc1CNC(=O)N1CCSC(C(C)C)C1. The van der Waals surface area contributed by atoms with Crippen molar-refractivity contribution in [3.05, 3.63) is 29.6 Å². The van der Waals surface area contributed by atoms with Crippen LogP contribution in [0.2, 0.25) is 0 Å². The Morgan fingerprint density at radius 1 is 1.60 bits per heavy atom. The largest absolute Gasteiger partial charge is 0.332 e. The van der Waals surface area contributed by atoms with E-state index in [1.807, 2.05) is 35.7 Å². The second kappa shape index (κ2) is 6.97. The third-order valence-electron chi connectivity index (χ3n) is 3.65. The summed E-state index contributed by atoms with van der Waals surface area (Å²) in [5, 5.41) is 3.53. The average molecular weight is 293 g/mol. The zero-order valence-corrected chi connectivity index (χ0v) is 13.2. The van der Waals surface area contributed by atoms with Crippen LogP contribution in [-0.2, 0) is 6.54 Å². The highest BCUT2D eigenvalue weighted by molar-refractivity contribution is 8.00. The van der Waals surface area contributed by atoms with Crippen LogP contribution in [0.4, 0.5) is 4.79 Å². The first-order valence-corrected chi connectivity index (χ1v) is 8.17. The molecule has 0 aliphatic carbocycles. The molecule has 110 valence electrons. The lowest BCUT2D eigenvalue weighted by Gasteiger charge is -2.34. The van der Waals surface area contributed by atoms with Gasteiger partial charge in [0.15, 0.2) is 0 Å². The fraction of sp³-hybridized carbons (Fsp3) is 0.600. The molecule has 1 aromatic heterocycles. The van der Waals surface area contributed by atoms with Crippen LogP contribution in [0.15, 0.2) is 18.3 Å². The minimum atomic E-state index is 0.0287. The van der Waals surface area contributed by atoms with Crippen LogP contribution in [0.25, 0.3) is 0 Å². The number of hydrogen-bond donors (Lipinski definition) is 1. The van der Waals surface area contributed by atoms with E-state index in [1.54, 1.807) is 6.20 Å². The van der Waals surface area contributed by atoms with Crippen molar-refractivity contribution in [3.63, 3.8) is 0 Å². The third kappa shape index (κ3) is 3.88. The van der Waals surface area contributed by atoms with E-state index in [-0.39, 0.29) is 6.03 Å². The molecule has 0 radical (unpaired) electrons. The van der Waals surface area contributed by atoms with Gasteiger partial charge in [-0.05, 0) is 24.5 Å². The summed E-state index contributed by atoms with van der Waals surface area (Å²) in [6.07, 6.45) is 1.76. The van der Waals surface area contributed by atoms with Gasteiger partial charge in [-0.15, -0.1) is 0 Å². The average Bonchev–Trinajstić information content (AvgIpc) is 2.46. The number of amides is 2. The molecule has 0 bridgehead atoms. The molecule has 2 rings (SSSR count). The Morgan fingerprint density at radius 2 is 2.40 bits per heavy atom. The monoisotopic (exact) mass is 293 g/mol. The van der Waals surface area contributed by atoms with Crippen molar-refractivity contribution in [1.82, 2.24) is 15.2 Å². The van der Waals surface area contributed by atoms with Gasteiger partial charge >= 0.3 is 6.03 Å². The van der Waals surface area contributed by atoms with E-state index in [4.69, 9.17) is 0 Å². The minimum absolute atomic E-state index is 0.0287. The summed E-state index contributed by atoms with van der Waals surface area (Å²) >= 11 is 1.98. The zero-order chi connectivity index (χ0) is 14.5. The molecule has 2 heterocycles. The van der Waals surface area contributed by atoms with Crippen LogP contribution in [0.5, 0.6) is 0 Å². The number of aryl methyl sites for hydroxylation is 1. The van der Waals surface area contributed by atoms with E-state index in [0.29, 0.717) is 17.7 Å². The lowest BCUT2D eigenvalue weighted by molar-refractivity contribution is 0.196. The van der Waals surface area contributed by atoms with Gasteiger partial charge in [0.05, 0.1) is 12.2 Å². The third-order valence-corrected chi connectivity index (χ3v) is 5.19. The van der Waals surface area contributed by atoms with Crippen molar-refractivity contribution >= 4 is 17.8 Å². The highest BCUT2D eigenvalue weighted by Crippen LogP contribution is 2.24. The molecule has 0 aromatic carbocycles. The van der Waals surface area contributed by atoms with Gasteiger partial charge in [-0.3, -0.25) is 4.98 Å². The molecule has 20 heavy (non-hydrogen) atoms. The maximum atomic E-state index is 12.2. The number of aromatic nitrogens is 1. The summed E-state index contributed by atoms with van der Waals surface area (Å²) < 4.78 is 0. The first-order chi connectivity index (χ1) is 9.58. The van der Waals surface area contributed by atoms with Gasteiger partial charge in [-0.1, -0.05) is 19.9 Å². The first kappa shape index (κ1) is 15.2. The van der Waals surface area contributed by atoms with Crippen LogP contribution in [0, 0.1) is 12.8 Å². The standard InChI is InChI=1S/C15H23N3OS/c1-11(2)14-10-18(7-8-20-14)15(19)17-9-13-12(3)5-4-6-16-13/h4-6,11,14H,7-10H2,1-3H3,(H,17,19). The molecule has 0 spiro atoms. The molecule has 1 fully saturated rings. The second-order valence-electron chi connectivity index (χ2n) is 5.52. The van der Waals surface area contributed by atoms with Gasteiger partial charge in [0.2, 0.25) is 0 Å². The molecule has 5 heteroatoms. The Balaban J connectivity index is 1.87. The van der Waals surface area contributed by atoms with Crippen LogP contribution < -0.4 is 5.32 Å². The summed E-state index contributed by atoms with van der Waals surface area (Å²) in [4.78, 5) is 18.5. The molecule has 2 amide bonds. The van der Waals surface area contributed by atoms with Crippen molar-refractivity contribution in [2.24, 2.45) is 5.92 Å². The van der Waals surface area contributed by atoms with Crippen molar-refractivity contribution in [1.29, 1.82) is 0 Å². The van der Waals surface area contributed by atoms with Gasteiger partial charge in [0.25, 0.3) is 0 Å². The van der Waals surface area contributed by atoms with E-state index < -0.39 is 0 Å². The van der Waals surface area contributed by atoms with Crippen LogP contribution in [0.1, 0.15) is 25.1 Å². The summed E-state index contributed by atoms with van der Waals surface area (Å²) in [6, 6.07) is 3.96. The lowest BCUT2D eigenvalue weighted by Crippen LogP contribution is -2.47. The van der Waals surface area contributed by atoms with E-state index in [2.05, 4.69) is 24.1 Å². The molecule has 4 nitrogen and oxygen atoms in total. The first-order valence-electron chi connectivity index (χ1n) is 7.13. The summed E-state index contributed by atoms with van der Waals surface area (Å²) in [5.41, 5.74) is 2.05. The Morgan fingerprint density at radius 3 is 3.10 bits per heavy atom. The number of nitrogens with one attached hydrogen (secondary N) is 1. The van der Waals surface area contributed by atoms with Gasteiger partial charge < -0.3 is 10.2 Å². The van der Waals surface area contributed by atoms with Gasteiger partial charge in [-0.2, -0.15) is 11.8 Å². The maximum Gasteiger partial charge on any atom is 0.317 e. The Bertz CT molecular complexity index is 464. The topological polar surface area (TPSA) is 45.2 Å². The predicted molar refractivity (Wildman–Crippen MR) is 83.9 cm³/mol. The maximum absolute atomic E-state index is 12.2. The van der Waals surface area contributed by atoms with Crippen molar-refractivity contribution in [2.45, 2.75) is 32.6 Å². The number of pyridine rings is 1. The molecule has 1 aliphatic heterocycles. The normalized spacial score (nSPS) is 19.2. The molecule has 1 N–H and O–H groups in total. The van der Waals surface area contributed by atoms with Crippen molar-refractivity contribution in [3.8, 4) is 0 Å². The molecule has 1 saturated heterocycles. The number of thioether (sulfide) groups is 1. The van der Waals surface area contributed by atoms with E-state index in [0.717, 1.165) is 30.1 Å². The number of carbonyl (C=O) groups is 1. The molecule has 1 aromatic rings. The minimum Gasteiger partial charge on any atom is -0.332 e. The molecule has 1 aliphatic rings. The van der Waals surface area contributed by atoms with Crippen molar-refractivity contribution < 1.29 is 4.79 Å². The molecular weight excluding hydrogens is 270 g/mol. The number of carbonyl (C=O) groups excluding carboxylic acids is 1. The molecule has 1 atom stereocenters. The summed E-state index contributed by atoms with van der Waals surface area (Å²) in [5.74, 6) is 1.63. The molecule has 1 unspecified atom stereocenters. The summed E-state index contributed by atoms with van der Waals surface area (Å²) in [6.45, 7) is 8.63. The van der Waals surface area contributed by atoms with Gasteiger partial charge in [0, 0.05) is 30.3 Å². The Labute approximate surface area is 125 Å². The number of rotatable bonds is 3. The van der Waals surface area contributed by atoms with Crippen LogP contribution >= 0.6 is 11.8 Å². The van der Waals surface area contributed by atoms with E-state index in [9.17, 15) is 4.79 Å². The van der Waals surface area contributed by atoms with Gasteiger partial charge in [0.1, 0.15) is 0 Å². The Kier molecular flexibility index (Phi) is 5.29. The van der Waals surface area contributed by atoms with Crippen LogP contribution in [-0.4, -0.2) is 40.0 Å². The van der Waals surface area contributed by atoms with Crippen molar-refractivity contribution in [2.75, 3.05) is 18.8 Å². The Hall–Kier alpha value is -1.23. The van der Waals surface area contributed by atoms with E-state index >= 15 is 0 Å². The molecular formula is C15H23N3OS. The van der Waals surface area contributed by atoms with Gasteiger partial charge in [-0.25, -0.2) is 4.79 Å². The fourth-order valence-corrected chi connectivity index (χ4v) is 3.54. The fourth-order valence-electron chi connectivity index (χ4n) is 2.24. The lowest BCUT2D eigenvalue weighted by atomic mass is 10.1. The number of hydrogen-bond acceptors (Lipinski definition) is 3. The highest BCUT2D eigenvalue weighted by atomic mass is 32.2. The summed E-state index contributed by atoms with van der Waals surface area (Å²) in [7, 11) is 0.